The summed E-state index contributed by atoms with van der Waals surface area (Å²) in [4.78, 5) is 21.9. The molecule has 0 spiro atoms. The summed E-state index contributed by atoms with van der Waals surface area (Å²) >= 11 is 0. The van der Waals surface area contributed by atoms with Crippen molar-refractivity contribution in [3.8, 4) is 0 Å². The van der Waals surface area contributed by atoms with Crippen molar-refractivity contribution in [1.29, 1.82) is 0 Å². The molecule has 0 aliphatic carbocycles. The Balaban J connectivity index is 2.94. The average molecular weight is 209 g/mol. The molecule has 0 fully saturated rings. The first kappa shape index (κ1) is 11.2. The Kier molecular flexibility index (Phi) is 3.41. The summed E-state index contributed by atoms with van der Waals surface area (Å²) in [5.74, 6) is -1.76. The van der Waals surface area contributed by atoms with Gasteiger partial charge in [-0.1, -0.05) is 12.1 Å². The number of carbonyl (C=O) groups is 2. The van der Waals surface area contributed by atoms with E-state index in [0.29, 0.717) is 0 Å². The highest BCUT2D eigenvalue weighted by Crippen LogP contribution is 2.14. The number of carbonyl (C=O) groups excluding carboxylic acids is 1. The van der Waals surface area contributed by atoms with Gasteiger partial charge in [0, 0.05) is 0 Å². The summed E-state index contributed by atoms with van der Waals surface area (Å²) in [6, 6.07) is 6.00. The molecular formula is C10H11NO4. The Morgan fingerprint density at radius 1 is 1.33 bits per heavy atom. The molecule has 0 radical (unpaired) electrons. The van der Waals surface area contributed by atoms with Crippen LogP contribution < -0.4 is 5.32 Å². The number of hydrogen-bond acceptors (Lipinski definition) is 3. The molecular weight excluding hydrogens is 198 g/mol. The Morgan fingerprint density at radius 2 is 1.93 bits per heavy atom. The topological polar surface area (TPSA) is 86.6 Å². The molecule has 80 valence electrons. The quantitative estimate of drug-likeness (QED) is 0.684. The minimum absolute atomic E-state index is 0.00787. The van der Waals surface area contributed by atoms with Gasteiger partial charge in [0.15, 0.2) is 0 Å². The third-order valence-corrected chi connectivity index (χ3v) is 1.79. The number of aromatic carboxylic acids is 1. The van der Waals surface area contributed by atoms with Gasteiger partial charge in [-0.2, -0.15) is 0 Å². The maximum atomic E-state index is 11.1. The van der Waals surface area contributed by atoms with Crippen molar-refractivity contribution in [2.24, 2.45) is 0 Å². The molecule has 1 aromatic carbocycles. The van der Waals surface area contributed by atoms with Crippen molar-refractivity contribution in [3.63, 3.8) is 0 Å². The summed E-state index contributed by atoms with van der Waals surface area (Å²) in [5, 5.41) is 20.1. The number of benzene rings is 1. The van der Waals surface area contributed by atoms with E-state index in [0.717, 1.165) is 0 Å². The number of aliphatic hydroxyl groups is 1. The van der Waals surface area contributed by atoms with Gasteiger partial charge in [-0.15, -0.1) is 0 Å². The number of hydrogen-bond donors (Lipinski definition) is 3. The first-order valence-electron chi connectivity index (χ1n) is 4.33. The van der Waals surface area contributed by atoms with Crippen molar-refractivity contribution in [2.75, 3.05) is 5.32 Å². The van der Waals surface area contributed by atoms with E-state index in [9.17, 15) is 9.59 Å². The maximum Gasteiger partial charge on any atom is 0.337 e. The molecule has 1 atom stereocenters. The number of carboxylic acid groups (broad SMARTS) is 1. The molecule has 1 rings (SSSR count). The van der Waals surface area contributed by atoms with Crippen molar-refractivity contribution < 1.29 is 19.8 Å². The Hall–Kier alpha value is -1.88. The molecule has 0 aromatic heterocycles. The van der Waals surface area contributed by atoms with E-state index in [1.165, 1.54) is 19.1 Å². The van der Waals surface area contributed by atoms with Crippen LogP contribution in [-0.4, -0.2) is 28.2 Å². The van der Waals surface area contributed by atoms with E-state index in [4.69, 9.17) is 10.2 Å². The van der Waals surface area contributed by atoms with Crippen molar-refractivity contribution in [2.45, 2.75) is 13.0 Å². The number of amides is 1. The second-order valence-corrected chi connectivity index (χ2v) is 3.02. The zero-order chi connectivity index (χ0) is 11.4. The van der Waals surface area contributed by atoms with Gasteiger partial charge in [-0.3, -0.25) is 4.79 Å². The van der Waals surface area contributed by atoms with Gasteiger partial charge in [0.05, 0.1) is 11.3 Å². The Morgan fingerprint density at radius 3 is 2.47 bits per heavy atom. The monoisotopic (exact) mass is 209 g/mol. The SMILES string of the molecule is C[C@@H](O)C(=O)Nc1ccccc1C(=O)O. The first-order valence-corrected chi connectivity index (χ1v) is 4.33. The number of para-hydroxylation sites is 1. The van der Waals surface area contributed by atoms with Gasteiger partial charge in [0.2, 0.25) is 0 Å². The van der Waals surface area contributed by atoms with Crippen LogP contribution in [0.2, 0.25) is 0 Å². The molecule has 5 nitrogen and oxygen atoms in total. The van der Waals surface area contributed by atoms with Crippen LogP contribution in [0.25, 0.3) is 0 Å². The van der Waals surface area contributed by atoms with Gasteiger partial charge < -0.3 is 15.5 Å². The standard InChI is InChI=1S/C10H11NO4/c1-6(12)9(13)11-8-5-3-2-4-7(8)10(14)15/h2-6,12H,1H3,(H,11,13)(H,14,15)/t6-/m1/s1. The van der Waals surface area contributed by atoms with E-state index in [1.54, 1.807) is 12.1 Å². The highest BCUT2D eigenvalue weighted by atomic mass is 16.4. The molecule has 15 heavy (non-hydrogen) atoms. The minimum Gasteiger partial charge on any atom is -0.478 e. The van der Waals surface area contributed by atoms with Crippen molar-refractivity contribution in [1.82, 2.24) is 0 Å². The smallest absolute Gasteiger partial charge is 0.337 e. The molecule has 0 aliphatic heterocycles. The minimum atomic E-state index is -1.17. The fourth-order valence-corrected chi connectivity index (χ4v) is 1.02. The third-order valence-electron chi connectivity index (χ3n) is 1.79. The van der Waals surface area contributed by atoms with E-state index >= 15 is 0 Å². The average Bonchev–Trinajstić information content (AvgIpc) is 2.18. The molecule has 5 heteroatoms. The molecule has 0 aliphatic rings. The van der Waals surface area contributed by atoms with E-state index in [2.05, 4.69) is 5.32 Å². The first-order chi connectivity index (χ1) is 7.02. The maximum absolute atomic E-state index is 11.1. The van der Waals surface area contributed by atoms with E-state index in [1.807, 2.05) is 0 Å². The van der Waals surface area contributed by atoms with Crippen LogP contribution in [0.15, 0.2) is 24.3 Å². The molecule has 0 heterocycles. The second-order valence-electron chi connectivity index (χ2n) is 3.02. The van der Waals surface area contributed by atoms with E-state index in [-0.39, 0.29) is 11.3 Å². The van der Waals surface area contributed by atoms with Gasteiger partial charge in [0.25, 0.3) is 5.91 Å². The zero-order valence-electron chi connectivity index (χ0n) is 8.10. The third kappa shape index (κ3) is 2.78. The number of aliphatic hydroxyl groups excluding tert-OH is 1. The molecule has 0 bridgehead atoms. The van der Waals surface area contributed by atoms with Gasteiger partial charge >= 0.3 is 5.97 Å². The highest BCUT2D eigenvalue weighted by molar-refractivity contribution is 6.01. The number of rotatable bonds is 3. The van der Waals surface area contributed by atoms with Crippen LogP contribution >= 0.6 is 0 Å². The van der Waals surface area contributed by atoms with Crippen LogP contribution in [0.1, 0.15) is 17.3 Å². The molecule has 0 unspecified atom stereocenters. The van der Waals surface area contributed by atoms with Crippen molar-refractivity contribution >= 4 is 17.6 Å². The predicted molar refractivity (Wildman–Crippen MR) is 53.7 cm³/mol. The Bertz CT molecular complexity index is 387. The number of nitrogens with one attached hydrogen (secondary N) is 1. The summed E-state index contributed by atoms with van der Waals surface area (Å²) in [6.07, 6.45) is -1.17. The molecule has 0 saturated carbocycles. The summed E-state index contributed by atoms with van der Waals surface area (Å²) in [5.41, 5.74) is 0.169. The van der Waals surface area contributed by atoms with Crippen LogP contribution in [0, 0.1) is 0 Å². The largest absolute Gasteiger partial charge is 0.478 e. The van der Waals surface area contributed by atoms with Crippen LogP contribution in [0.5, 0.6) is 0 Å². The molecule has 1 aromatic rings. The molecule has 1 amide bonds. The fraction of sp³-hybridized carbons (Fsp3) is 0.200. The molecule has 3 N–H and O–H groups in total. The predicted octanol–water partition coefficient (Wildman–Crippen LogP) is 0.704. The lowest BCUT2D eigenvalue weighted by molar-refractivity contribution is -0.123. The van der Waals surface area contributed by atoms with Gasteiger partial charge in [-0.05, 0) is 19.1 Å². The van der Waals surface area contributed by atoms with Crippen LogP contribution in [0.4, 0.5) is 5.69 Å². The lowest BCUT2D eigenvalue weighted by Gasteiger charge is -2.09. The number of anilines is 1. The summed E-state index contributed by atoms with van der Waals surface area (Å²) < 4.78 is 0. The Labute approximate surface area is 86.4 Å². The van der Waals surface area contributed by atoms with Crippen LogP contribution in [-0.2, 0) is 4.79 Å². The van der Waals surface area contributed by atoms with Gasteiger partial charge in [0.1, 0.15) is 6.10 Å². The normalized spacial score (nSPS) is 11.9. The fourth-order valence-electron chi connectivity index (χ4n) is 1.02. The summed E-state index contributed by atoms with van der Waals surface area (Å²) in [6.45, 7) is 1.30. The highest BCUT2D eigenvalue weighted by Gasteiger charge is 2.14. The van der Waals surface area contributed by atoms with Crippen LogP contribution in [0.3, 0.4) is 0 Å². The van der Waals surface area contributed by atoms with Crippen molar-refractivity contribution in [3.05, 3.63) is 29.8 Å². The van der Waals surface area contributed by atoms with E-state index < -0.39 is 18.0 Å². The molecule has 0 saturated heterocycles. The van der Waals surface area contributed by atoms with Gasteiger partial charge in [-0.25, -0.2) is 4.79 Å². The lowest BCUT2D eigenvalue weighted by atomic mass is 10.1. The second kappa shape index (κ2) is 4.56. The lowest BCUT2D eigenvalue weighted by Crippen LogP contribution is -2.25. The zero-order valence-corrected chi connectivity index (χ0v) is 8.10. The number of carboxylic acids is 1. The summed E-state index contributed by atoms with van der Waals surface area (Å²) in [7, 11) is 0.